The number of esters is 1. The van der Waals surface area contributed by atoms with Crippen LogP contribution in [0.5, 0.6) is 11.5 Å². The fourth-order valence-corrected chi connectivity index (χ4v) is 12.4. The molecule has 0 radical (unpaired) electrons. The molecule has 0 bridgehead atoms. The molecule has 3 atom stereocenters. The van der Waals surface area contributed by atoms with Crippen LogP contribution in [-0.2, 0) is 10.8 Å². The zero-order chi connectivity index (χ0) is 26.3. The fraction of sp³-hybridized carbons (Fsp3) is 0.567. The van der Waals surface area contributed by atoms with E-state index < -0.39 is 15.4 Å². The largest absolute Gasteiger partial charge is 0.490 e. The summed E-state index contributed by atoms with van der Waals surface area (Å²) < 4.78 is 18.9. The lowest BCUT2D eigenvalue weighted by molar-refractivity contribution is 0.0447. The van der Waals surface area contributed by atoms with Gasteiger partial charge in [-0.05, 0) is 87.3 Å². The molecule has 0 spiro atoms. The van der Waals surface area contributed by atoms with Gasteiger partial charge in [-0.2, -0.15) is 0 Å². The number of rotatable bonds is 11. The van der Waals surface area contributed by atoms with Crippen LogP contribution in [0.3, 0.4) is 0 Å². The highest BCUT2D eigenvalue weighted by Crippen LogP contribution is 2.40. The predicted octanol–water partition coefficient (Wildman–Crippen LogP) is 8.21. The molecular weight excluding hydrogens is 480 g/mol. The minimum Gasteiger partial charge on any atom is -0.490 e. The van der Waals surface area contributed by atoms with Gasteiger partial charge in [-0.15, -0.1) is 0 Å². The van der Waals surface area contributed by atoms with Crippen LogP contribution in [0.1, 0.15) is 68.8 Å². The Morgan fingerprint density at radius 1 is 0.944 bits per heavy atom. The van der Waals surface area contributed by atoms with Crippen molar-refractivity contribution >= 4 is 21.4 Å². The summed E-state index contributed by atoms with van der Waals surface area (Å²) in [5.41, 5.74) is 1.79. The fourth-order valence-electron chi connectivity index (χ4n) is 5.03. The molecule has 1 aliphatic heterocycles. The molecule has 6 heteroatoms. The summed E-state index contributed by atoms with van der Waals surface area (Å²) in [5.74, 6) is 1.44. The van der Waals surface area contributed by atoms with Gasteiger partial charge >= 0.3 is 5.97 Å². The second-order valence-electron chi connectivity index (χ2n) is 11.5. The molecule has 0 amide bonds. The SMILES string of the molecule is CCCCc1ccc(OC(=O)c2ccc(OC(CCCC)C3C[Si](C)(C)[Si](C)(C)OC3C)cc2)cc1. The first-order valence-electron chi connectivity index (χ1n) is 13.8. The van der Waals surface area contributed by atoms with Gasteiger partial charge in [0.05, 0.1) is 13.2 Å². The number of ether oxygens (including phenoxy) is 2. The Bertz CT molecular complexity index is 969. The van der Waals surface area contributed by atoms with E-state index in [4.69, 9.17) is 13.9 Å². The van der Waals surface area contributed by atoms with Crippen LogP contribution >= 0.6 is 0 Å². The van der Waals surface area contributed by atoms with Crippen molar-refractivity contribution in [1.29, 1.82) is 0 Å². The summed E-state index contributed by atoms with van der Waals surface area (Å²) in [5, 5.41) is 0. The highest BCUT2D eigenvalue weighted by atomic mass is 29.3. The normalized spacial score (nSPS) is 21.5. The molecule has 0 aliphatic carbocycles. The van der Waals surface area contributed by atoms with Crippen LogP contribution in [0.2, 0.25) is 32.2 Å². The maximum atomic E-state index is 12.7. The maximum absolute atomic E-state index is 12.7. The molecule has 1 fully saturated rings. The van der Waals surface area contributed by atoms with Crippen LogP contribution in [0, 0.1) is 5.92 Å². The lowest BCUT2D eigenvalue weighted by Crippen LogP contribution is -2.65. The summed E-state index contributed by atoms with van der Waals surface area (Å²) in [6, 6.07) is 16.5. The van der Waals surface area contributed by atoms with Crippen molar-refractivity contribution in [2.75, 3.05) is 0 Å². The molecule has 0 N–H and O–H groups in total. The number of unbranched alkanes of at least 4 members (excludes halogenated alkanes) is 2. The van der Waals surface area contributed by atoms with Gasteiger partial charge in [-0.3, -0.25) is 0 Å². The number of benzene rings is 2. The standard InChI is InChI=1S/C30H46O4Si2/c1-8-10-12-24-14-18-27(19-15-24)33-30(31)25-16-20-26(21-17-25)32-29(13-11-9-2)28-22-35(4,5)36(6,7)34-23(28)3/h14-21,23,28-29H,8-13,22H2,1-7H3. The van der Waals surface area contributed by atoms with Gasteiger partial charge in [-0.25, -0.2) is 4.79 Å². The van der Waals surface area contributed by atoms with Gasteiger partial charge in [0.25, 0.3) is 0 Å². The van der Waals surface area contributed by atoms with E-state index in [1.54, 1.807) is 12.1 Å². The van der Waals surface area contributed by atoms with Crippen molar-refractivity contribution in [3.05, 3.63) is 59.7 Å². The molecule has 198 valence electrons. The molecule has 1 aliphatic rings. The van der Waals surface area contributed by atoms with Crippen molar-refractivity contribution in [3.8, 4) is 11.5 Å². The lowest BCUT2D eigenvalue weighted by atomic mass is 9.94. The van der Waals surface area contributed by atoms with E-state index in [1.165, 1.54) is 24.4 Å². The number of aryl methyl sites for hydroxylation is 1. The third kappa shape index (κ3) is 7.33. The third-order valence-corrected chi connectivity index (χ3v) is 24.6. The summed E-state index contributed by atoms with van der Waals surface area (Å²) in [4.78, 5) is 12.7. The van der Waals surface area contributed by atoms with E-state index in [1.807, 2.05) is 36.4 Å². The molecule has 2 aromatic rings. The molecular formula is C30H46O4Si2. The first-order chi connectivity index (χ1) is 17.1. The zero-order valence-corrected chi connectivity index (χ0v) is 25.4. The van der Waals surface area contributed by atoms with E-state index in [2.05, 4.69) is 47.0 Å². The van der Waals surface area contributed by atoms with Crippen molar-refractivity contribution < 1.29 is 18.7 Å². The average molecular weight is 527 g/mol. The van der Waals surface area contributed by atoms with Gasteiger partial charge in [0.1, 0.15) is 17.6 Å². The molecule has 3 unspecified atom stereocenters. The van der Waals surface area contributed by atoms with Crippen LogP contribution in [0.25, 0.3) is 0 Å². The Morgan fingerprint density at radius 2 is 1.56 bits per heavy atom. The number of hydrogen-bond donors (Lipinski definition) is 0. The number of hydrogen-bond acceptors (Lipinski definition) is 4. The first kappa shape index (κ1) is 28.7. The van der Waals surface area contributed by atoms with Crippen LogP contribution in [0.15, 0.2) is 48.5 Å². The van der Waals surface area contributed by atoms with E-state index in [0.717, 1.165) is 31.4 Å². The van der Waals surface area contributed by atoms with E-state index in [-0.39, 0.29) is 18.2 Å². The first-order valence-corrected chi connectivity index (χ1v) is 20.9. The molecule has 1 heterocycles. The Kier molecular flexibility index (Phi) is 10.0. The topological polar surface area (TPSA) is 44.8 Å². The van der Waals surface area contributed by atoms with Crippen LogP contribution < -0.4 is 9.47 Å². The van der Waals surface area contributed by atoms with Crippen molar-refractivity contribution in [2.45, 2.75) is 104 Å². The van der Waals surface area contributed by atoms with Gasteiger partial charge in [0, 0.05) is 12.0 Å². The summed E-state index contributed by atoms with van der Waals surface area (Å²) >= 11 is 0. The lowest BCUT2D eigenvalue weighted by Gasteiger charge is -2.50. The molecule has 0 aromatic heterocycles. The van der Waals surface area contributed by atoms with E-state index in [9.17, 15) is 4.79 Å². The van der Waals surface area contributed by atoms with E-state index >= 15 is 0 Å². The smallest absolute Gasteiger partial charge is 0.343 e. The number of carbonyl (C=O) groups is 1. The van der Waals surface area contributed by atoms with Gasteiger partial charge < -0.3 is 13.9 Å². The predicted molar refractivity (Wildman–Crippen MR) is 154 cm³/mol. The summed E-state index contributed by atoms with van der Waals surface area (Å²) in [6.45, 7) is 16.4. The van der Waals surface area contributed by atoms with E-state index in [0.29, 0.717) is 17.2 Å². The molecule has 1 saturated heterocycles. The zero-order valence-electron chi connectivity index (χ0n) is 23.4. The molecule has 3 rings (SSSR count). The second-order valence-corrected chi connectivity index (χ2v) is 26.7. The molecule has 0 saturated carbocycles. The Morgan fingerprint density at radius 3 is 2.17 bits per heavy atom. The van der Waals surface area contributed by atoms with Gasteiger partial charge in [0.15, 0.2) is 7.83 Å². The number of carbonyl (C=O) groups excluding carboxylic acids is 1. The third-order valence-electron chi connectivity index (χ3n) is 8.11. The van der Waals surface area contributed by atoms with Crippen molar-refractivity contribution in [1.82, 2.24) is 0 Å². The summed E-state index contributed by atoms with van der Waals surface area (Å²) in [6.07, 6.45) is 7.04. The van der Waals surface area contributed by atoms with Crippen molar-refractivity contribution in [3.63, 3.8) is 0 Å². The minimum atomic E-state index is -1.62. The maximum Gasteiger partial charge on any atom is 0.343 e. The molecule has 2 aromatic carbocycles. The monoisotopic (exact) mass is 526 g/mol. The van der Waals surface area contributed by atoms with Crippen LogP contribution in [0.4, 0.5) is 0 Å². The van der Waals surface area contributed by atoms with Gasteiger partial charge in [-0.1, -0.05) is 58.3 Å². The highest BCUT2D eigenvalue weighted by molar-refractivity contribution is 7.38. The summed E-state index contributed by atoms with van der Waals surface area (Å²) in [7, 11) is -3.06. The Labute approximate surface area is 220 Å². The molecule has 36 heavy (non-hydrogen) atoms. The van der Waals surface area contributed by atoms with Crippen molar-refractivity contribution in [2.24, 2.45) is 5.92 Å². The Hall–Kier alpha value is -1.90. The Balaban J connectivity index is 1.65. The molecule has 4 nitrogen and oxygen atoms in total. The average Bonchev–Trinajstić information content (AvgIpc) is 2.84. The minimum absolute atomic E-state index is 0.126. The highest BCUT2D eigenvalue weighted by Gasteiger charge is 2.52. The quantitative estimate of drug-likeness (QED) is 0.168. The second kappa shape index (κ2) is 12.6. The van der Waals surface area contributed by atoms with Crippen LogP contribution in [-0.4, -0.2) is 33.6 Å². The van der Waals surface area contributed by atoms with Gasteiger partial charge in [0.2, 0.25) is 0 Å².